The van der Waals surface area contributed by atoms with Crippen LogP contribution in [-0.4, -0.2) is 50.9 Å². The second-order valence-corrected chi connectivity index (χ2v) is 12.6. The van der Waals surface area contributed by atoms with E-state index in [1.165, 1.54) is 29.2 Å². The first kappa shape index (κ1) is 32.9. The number of sulfonamides is 1. The van der Waals surface area contributed by atoms with Gasteiger partial charge in [-0.1, -0.05) is 43.6 Å². The number of anilines is 1. The van der Waals surface area contributed by atoms with Gasteiger partial charge in [0.05, 0.1) is 17.7 Å². The summed E-state index contributed by atoms with van der Waals surface area (Å²) in [5.41, 5.74) is 2.96. The average molecular weight is 614 g/mol. The van der Waals surface area contributed by atoms with Crippen LogP contribution in [0.5, 0.6) is 5.75 Å². The molecular weight excluding hydrogens is 574 g/mol. The predicted molar refractivity (Wildman–Crippen MR) is 167 cm³/mol. The van der Waals surface area contributed by atoms with Crippen LogP contribution in [0.3, 0.4) is 0 Å². The highest BCUT2D eigenvalue weighted by atomic mass is 35.5. The molecule has 0 fully saturated rings. The summed E-state index contributed by atoms with van der Waals surface area (Å²) >= 11 is 6.03. The summed E-state index contributed by atoms with van der Waals surface area (Å²) in [6, 6.07) is 17.4. The molecule has 10 heteroatoms. The zero-order valence-corrected chi connectivity index (χ0v) is 26.6. The Kier molecular flexibility index (Phi) is 11.4. The maximum absolute atomic E-state index is 14.2. The zero-order chi connectivity index (χ0) is 31.0. The Hall–Kier alpha value is -3.56. The van der Waals surface area contributed by atoms with Crippen LogP contribution in [0.4, 0.5) is 5.69 Å². The van der Waals surface area contributed by atoms with Crippen LogP contribution in [0.1, 0.15) is 50.3 Å². The number of amides is 2. The number of hydrogen-bond acceptors (Lipinski definition) is 5. The van der Waals surface area contributed by atoms with Gasteiger partial charge in [-0.15, -0.1) is 0 Å². The molecule has 0 saturated carbocycles. The number of carbonyl (C=O) groups is 2. The van der Waals surface area contributed by atoms with E-state index in [9.17, 15) is 18.0 Å². The van der Waals surface area contributed by atoms with Crippen LogP contribution in [0.2, 0.25) is 5.02 Å². The van der Waals surface area contributed by atoms with Crippen molar-refractivity contribution in [2.24, 2.45) is 0 Å². The van der Waals surface area contributed by atoms with Gasteiger partial charge in [0, 0.05) is 17.6 Å². The lowest BCUT2D eigenvalue weighted by molar-refractivity contribution is -0.140. The molecule has 226 valence electrons. The van der Waals surface area contributed by atoms with Crippen molar-refractivity contribution < 1.29 is 22.7 Å². The van der Waals surface area contributed by atoms with Crippen LogP contribution in [0, 0.1) is 13.8 Å². The molecule has 8 nitrogen and oxygen atoms in total. The Labute approximate surface area is 254 Å². The molecule has 0 saturated heterocycles. The van der Waals surface area contributed by atoms with Crippen molar-refractivity contribution in [2.45, 2.75) is 71.0 Å². The summed E-state index contributed by atoms with van der Waals surface area (Å²) in [7, 11) is -2.63. The van der Waals surface area contributed by atoms with E-state index >= 15 is 0 Å². The minimum atomic E-state index is -4.18. The first-order valence-electron chi connectivity index (χ1n) is 14.0. The molecule has 0 aliphatic rings. The van der Waals surface area contributed by atoms with Gasteiger partial charge in [0.2, 0.25) is 11.8 Å². The molecule has 0 bridgehead atoms. The summed E-state index contributed by atoms with van der Waals surface area (Å²) in [5, 5.41) is 3.38. The molecule has 0 spiro atoms. The summed E-state index contributed by atoms with van der Waals surface area (Å²) < 4.78 is 34.5. The van der Waals surface area contributed by atoms with Gasteiger partial charge in [-0.25, -0.2) is 8.42 Å². The lowest BCUT2D eigenvalue weighted by Gasteiger charge is -2.34. The van der Waals surface area contributed by atoms with Crippen molar-refractivity contribution in [3.63, 3.8) is 0 Å². The van der Waals surface area contributed by atoms with Gasteiger partial charge in [-0.3, -0.25) is 13.9 Å². The SMILES string of the molecule is CC[C@H](C(=O)N[C@@H](C)CC)N(Cc1cccc(OC)c1)C(=O)CN(c1ccc(C)c(C)c1)S(=O)(=O)c1ccc(Cl)cc1. The van der Waals surface area contributed by atoms with E-state index in [2.05, 4.69) is 5.32 Å². The zero-order valence-electron chi connectivity index (χ0n) is 25.1. The normalized spacial score (nSPS) is 12.7. The Balaban J connectivity index is 2.09. The third-order valence-corrected chi connectivity index (χ3v) is 9.37. The van der Waals surface area contributed by atoms with Crippen LogP contribution >= 0.6 is 11.6 Å². The molecule has 3 aromatic rings. The van der Waals surface area contributed by atoms with Gasteiger partial charge < -0.3 is 15.0 Å². The monoisotopic (exact) mass is 613 g/mol. The fourth-order valence-electron chi connectivity index (χ4n) is 4.47. The number of methoxy groups -OCH3 is 1. The van der Waals surface area contributed by atoms with Crippen molar-refractivity contribution in [3.8, 4) is 5.75 Å². The van der Waals surface area contributed by atoms with Gasteiger partial charge in [0.1, 0.15) is 18.3 Å². The van der Waals surface area contributed by atoms with E-state index < -0.39 is 28.5 Å². The van der Waals surface area contributed by atoms with Gasteiger partial charge in [-0.05, 0) is 98.8 Å². The van der Waals surface area contributed by atoms with Crippen LogP contribution in [0.15, 0.2) is 71.6 Å². The van der Waals surface area contributed by atoms with Crippen molar-refractivity contribution in [1.29, 1.82) is 0 Å². The Morgan fingerprint density at radius 1 is 0.952 bits per heavy atom. The molecule has 0 aliphatic heterocycles. The van der Waals surface area contributed by atoms with Crippen LogP contribution < -0.4 is 14.4 Å². The lowest BCUT2D eigenvalue weighted by atomic mass is 10.1. The largest absolute Gasteiger partial charge is 0.497 e. The van der Waals surface area contributed by atoms with E-state index in [4.69, 9.17) is 16.3 Å². The number of halogens is 1. The maximum atomic E-state index is 14.2. The number of ether oxygens (including phenoxy) is 1. The maximum Gasteiger partial charge on any atom is 0.264 e. The molecule has 42 heavy (non-hydrogen) atoms. The first-order valence-corrected chi connectivity index (χ1v) is 15.8. The third kappa shape index (κ3) is 8.04. The molecule has 2 amide bonds. The van der Waals surface area contributed by atoms with Crippen molar-refractivity contribution in [2.75, 3.05) is 18.0 Å². The second-order valence-electron chi connectivity index (χ2n) is 10.3. The molecule has 1 N–H and O–H groups in total. The summed E-state index contributed by atoms with van der Waals surface area (Å²) in [6.45, 7) is 9.09. The Morgan fingerprint density at radius 3 is 2.24 bits per heavy atom. The van der Waals surface area contributed by atoms with E-state index in [-0.39, 0.29) is 23.4 Å². The molecule has 0 aromatic heterocycles. The number of hydrogen-bond donors (Lipinski definition) is 1. The highest BCUT2D eigenvalue weighted by molar-refractivity contribution is 7.92. The van der Waals surface area contributed by atoms with Crippen LogP contribution in [0.25, 0.3) is 0 Å². The summed E-state index contributed by atoms with van der Waals surface area (Å²) in [4.78, 5) is 29.1. The van der Waals surface area contributed by atoms with Gasteiger partial charge in [-0.2, -0.15) is 0 Å². The van der Waals surface area contributed by atoms with E-state index in [1.54, 1.807) is 31.4 Å². The Morgan fingerprint density at radius 2 is 1.64 bits per heavy atom. The fraction of sp³-hybridized carbons (Fsp3) is 0.375. The number of aryl methyl sites for hydroxylation is 2. The van der Waals surface area contributed by atoms with E-state index in [0.29, 0.717) is 22.9 Å². The standard InChI is InChI=1S/C32H40ClN3O5S/c1-7-24(5)34-32(38)30(8-2)35(20-25-10-9-11-28(19-25)41-6)31(37)21-36(27-15-12-22(3)23(4)18-27)42(39,40)29-16-13-26(33)14-17-29/h9-19,24,30H,7-8,20-21H2,1-6H3,(H,34,38)/t24-,30+/m0/s1. The first-order chi connectivity index (χ1) is 19.9. The topological polar surface area (TPSA) is 96.0 Å². The molecule has 0 aliphatic carbocycles. The molecule has 0 unspecified atom stereocenters. The number of nitrogens with one attached hydrogen (secondary N) is 1. The lowest BCUT2D eigenvalue weighted by Crippen LogP contribution is -2.53. The molecular formula is C32H40ClN3O5S. The number of carbonyl (C=O) groups excluding carboxylic acids is 2. The summed E-state index contributed by atoms with van der Waals surface area (Å²) in [6.07, 6.45) is 1.07. The van der Waals surface area contributed by atoms with E-state index in [1.807, 2.05) is 52.8 Å². The Bertz CT molecular complexity index is 1490. The molecule has 3 aromatic carbocycles. The van der Waals surface area contributed by atoms with Crippen molar-refractivity contribution in [3.05, 3.63) is 88.4 Å². The number of benzene rings is 3. The fourth-order valence-corrected chi connectivity index (χ4v) is 6.00. The predicted octanol–water partition coefficient (Wildman–Crippen LogP) is 5.88. The highest BCUT2D eigenvalue weighted by Crippen LogP contribution is 2.28. The average Bonchev–Trinajstić information content (AvgIpc) is 2.97. The van der Waals surface area contributed by atoms with Crippen molar-refractivity contribution >= 4 is 39.1 Å². The quantitative estimate of drug-likeness (QED) is 0.260. The third-order valence-electron chi connectivity index (χ3n) is 7.33. The van der Waals surface area contributed by atoms with E-state index in [0.717, 1.165) is 27.4 Å². The summed E-state index contributed by atoms with van der Waals surface area (Å²) in [5.74, 6) is -0.194. The van der Waals surface area contributed by atoms with Gasteiger partial charge in [0.15, 0.2) is 0 Å². The minimum absolute atomic E-state index is 0.00108. The number of rotatable bonds is 13. The van der Waals surface area contributed by atoms with Crippen LogP contribution in [-0.2, 0) is 26.2 Å². The molecule has 3 rings (SSSR count). The highest BCUT2D eigenvalue weighted by Gasteiger charge is 2.34. The van der Waals surface area contributed by atoms with Gasteiger partial charge >= 0.3 is 0 Å². The molecule has 2 atom stereocenters. The van der Waals surface area contributed by atoms with Gasteiger partial charge in [0.25, 0.3) is 10.0 Å². The minimum Gasteiger partial charge on any atom is -0.497 e. The smallest absolute Gasteiger partial charge is 0.264 e. The second kappa shape index (κ2) is 14.6. The number of nitrogens with zero attached hydrogens (tertiary/aromatic N) is 2. The van der Waals surface area contributed by atoms with Crippen molar-refractivity contribution in [1.82, 2.24) is 10.2 Å². The molecule has 0 heterocycles. The molecule has 0 radical (unpaired) electrons.